The summed E-state index contributed by atoms with van der Waals surface area (Å²) in [5.41, 5.74) is -0.795. The quantitative estimate of drug-likeness (QED) is 0.137. The first-order chi connectivity index (χ1) is 25.2. The Kier molecular flexibility index (Phi) is 10.0. The van der Waals surface area contributed by atoms with Gasteiger partial charge in [0.05, 0.1) is 5.94 Å². The van der Waals surface area contributed by atoms with Crippen LogP contribution in [0.4, 0.5) is 18.4 Å². The molecule has 3 aromatic carbocycles. The van der Waals surface area contributed by atoms with Crippen molar-refractivity contribution < 1.29 is 62.9 Å². The second-order valence-corrected chi connectivity index (χ2v) is 12.9. The summed E-state index contributed by atoms with van der Waals surface area (Å²) in [7, 11) is -1.90. The summed E-state index contributed by atoms with van der Waals surface area (Å²) >= 11 is 0. The van der Waals surface area contributed by atoms with Crippen LogP contribution in [-0.2, 0) is 11.2 Å². The topological polar surface area (TPSA) is 230 Å². The second-order valence-electron chi connectivity index (χ2n) is 12.9. The van der Waals surface area contributed by atoms with Crippen LogP contribution in [0.5, 0.6) is 23.0 Å². The van der Waals surface area contributed by atoms with Crippen molar-refractivity contribution in [1.82, 2.24) is 25.3 Å². The molecule has 0 radical (unpaired) electrons. The third kappa shape index (κ3) is 7.06. The Labute approximate surface area is 300 Å². The number of carboxylic acid groups (broad SMARTS) is 1. The predicted octanol–water partition coefficient (Wildman–Crippen LogP) is 2.02. The van der Waals surface area contributed by atoms with E-state index < -0.39 is 77.5 Å². The lowest BCUT2D eigenvalue weighted by atomic mass is 9.72. The molecule has 6 rings (SSSR count). The van der Waals surface area contributed by atoms with Gasteiger partial charge in [0, 0.05) is 43.3 Å². The maximum Gasteiger partial charge on any atom is 0.547 e. The number of fused-ring (bicyclic) bond motifs is 1. The van der Waals surface area contributed by atoms with Gasteiger partial charge < -0.3 is 50.5 Å². The number of aromatic carboxylic acids is 1. The summed E-state index contributed by atoms with van der Waals surface area (Å²) in [5, 5.41) is 54.8. The molecule has 3 aromatic rings. The zero-order valence-corrected chi connectivity index (χ0v) is 28.1. The lowest BCUT2D eigenvalue weighted by molar-refractivity contribution is -0.123. The standard InChI is InChI=1S/C34H34BF2N5O11/c1-16-21(15-23(37)28(45)27(16)44)26(30(46)38-24-14-18-4-7-22(36)25(32(48)49)29(18)53-35(24)52)39-33(50)42-13-12-41(34(42)51)19-8-10-40(11-9-19)31(47)17-2-5-20(43)6-3-17/h2-7,15,19,24,26,43-45,52H,8-14H2,1H3,(H,38,46)(H,39,50)(H,48,49)/t24-,26-/m0/s1. The van der Waals surface area contributed by atoms with Crippen LogP contribution < -0.4 is 15.3 Å². The molecule has 2 atom stereocenters. The van der Waals surface area contributed by atoms with Crippen LogP contribution in [0.1, 0.15) is 56.3 Å². The zero-order valence-electron chi connectivity index (χ0n) is 28.1. The predicted molar refractivity (Wildman–Crippen MR) is 179 cm³/mol. The number of phenolic OH excluding ortho intramolecular Hbond substituents is 3. The number of nitrogens with zero attached hydrogens (tertiary/aromatic N) is 3. The van der Waals surface area contributed by atoms with Crippen molar-refractivity contribution in [3.8, 4) is 23.0 Å². The molecule has 0 saturated carbocycles. The minimum atomic E-state index is -1.90. The zero-order chi connectivity index (χ0) is 38.3. The summed E-state index contributed by atoms with van der Waals surface area (Å²) in [5.74, 6) is -9.12. The van der Waals surface area contributed by atoms with Crippen molar-refractivity contribution in [2.45, 2.75) is 44.2 Å². The number of aromatic hydroxyl groups is 3. The van der Waals surface area contributed by atoms with E-state index in [2.05, 4.69) is 10.6 Å². The van der Waals surface area contributed by atoms with E-state index in [9.17, 15) is 58.2 Å². The number of rotatable bonds is 7. The Morgan fingerprint density at radius 2 is 1.62 bits per heavy atom. The van der Waals surface area contributed by atoms with Crippen molar-refractivity contribution in [3.05, 3.63) is 81.9 Å². The van der Waals surface area contributed by atoms with Crippen LogP contribution in [0.25, 0.3) is 0 Å². The first-order valence-electron chi connectivity index (χ1n) is 16.5. The van der Waals surface area contributed by atoms with Gasteiger partial charge in [-0.1, -0.05) is 6.07 Å². The lowest BCUT2D eigenvalue weighted by Gasteiger charge is -2.36. The van der Waals surface area contributed by atoms with Crippen LogP contribution in [0.15, 0.2) is 42.5 Å². The van der Waals surface area contributed by atoms with E-state index in [0.717, 1.165) is 11.0 Å². The normalized spacial score (nSPS) is 18.0. The number of hydrogen-bond acceptors (Lipinski definition) is 10. The number of amides is 6. The highest BCUT2D eigenvalue weighted by atomic mass is 19.1. The summed E-state index contributed by atoms with van der Waals surface area (Å²) < 4.78 is 34.2. The number of halogens is 2. The molecule has 7 N–H and O–H groups in total. The molecule has 53 heavy (non-hydrogen) atoms. The highest BCUT2D eigenvalue weighted by molar-refractivity contribution is 6.47. The first kappa shape index (κ1) is 36.7. The van der Waals surface area contributed by atoms with Crippen molar-refractivity contribution in [2.24, 2.45) is 0 Å². The average Bonchev–Trinajstić information content (AvgIpc) is 3.52. The van der Waals surface area contributed by atoms with Gasteiger partial charge in [-0.2, -0.15) is 0 Å². The van der Waals surface area contributed by atoms with Crippen LogP contribution in [0, 0.1) is 18.6 Å². The molecule has 3 aliphatic heterocycles. The minimum Gasteiger partial charge on any atom is -0.534 e. The second kappa shape index (κ2) is 14.5. The molecule has 278 valence electrons. The van der Waals surface area contributed by atoms with E-state index in [4.69, 9.17) is 4.65 Å². The molecule has 3 aliphatic rings. The monoisotopic (exact) mass is 737 g/mol. The first-order valence-corrected chi connectivity index (χ1v) is 16.5. The molecule has 3 heterocycles. The molecule has 19 heteroatoms. The van der Waals surface area contributed by atoms with Gasteiger partial charge in [0.25, 0.3) is 5.91 Å². The smallest absolute Gasteiger partial charge is 0.534 e. The van der Waals surface area contributed by atoms with E-state index in [1.165, 1.54) is 42.2 Å². The summed E-state index contributed by atoms with van der Waals surface area (Å²) in [6, 6.07) is 4.76. The molecular weight excluding hydrogens is 703 g/mol. The third-order valence-corrected chi connectivity index (χ3v) is 9.71. The fraction of sp³-hybridized carbons (Fsp3) is 0.324. The highest BCUT2D eigenvalue weighted by Crippen LogP contribution is 2.37. The van der Waals surface area contributed by atoms with E-state index in [0.29, 0.717) is 37.6 Å². The number of phenols is 3. The number of hydrogen-bond donors (Lipinski definition) is 7. The van der Waals surface area contributed by atoms with Crippen LogP contribution in [-0.4, -0.2) is 115 Å². The molecule has 0 aromatic heterocycles. The highest BCUT2D eigenvalue weighted by Gasteiger charge is 2.43. The van der Waals surface area contributed by atoms with Gasteiger partial charge in [-0.3, -0.25) is 9.59 Å². The number of carbonyl (C=O) groups is 5. The molecule has 2 fully saturated rings. The van der Waals surface area contributed by atoms with E-state index >= 15 is 0 Å². The minimum absolute atomic E-state index is 0.0251. The molecule has 6 amide bonds. The number of likely N-dealkylation sites (tertiary alicyclic amines) is 1. The van der Waals surface area contributed by atoms with Crippen LogP contribution in [0.2, 0.25) is 0 Å². The van der Waals surface area contributed by atoms with Crippen molar-refractivity contribution >= 4 is 37.0 Å². The van der Waals surface area contributed by atoms with E-state index in [-0.39, 0.29) is 53.9 Å². The van der Waals surface area contributed by atoms with Crippen LogP contribution in [0.3, 0.4) is 0 Å². The third-order valence-electron chi connectivity index (χ3n) is 9.71. The molecule has 0 unspecified atom stereocenters. The average molecular weight is 737 g/mol. The Balaban J connectivity index is 1.17. The van der Waals surface area contributed by atoms with E-state index in [1.54, 1.807) is 4.90 Å². The number of carboxylic acids is 1. The van der Waals surface area contributed by atoms with E-state index in [1.807, 2.05) is 0 Å². The maximum absolute atomic E-state index is 14.7. The van der Waals surface area contributed by atoms with Gasteiger partial charge in [0.2, 0.25) is 5.91 Å². The number of carbonyl (C=O) groups excluding carboxylic acids is 4. The fourth-order valence-electron chi connectivity index (χ4n) is 6.80. The van der Waals surface area contributed by atoms with Crippen LogP contribution >= 0.6 is 0 Å². The maximum atomic E-state index is 14.7. The van der Waals surface area contributed by atoms with Crippen molar-refractivity contribution in [2.75, 3.05) is 26.2 Å². The number of benzene rings is 3. The number of urea groups is 2. The number of imide groups is 1. The van der Waals surface area contributed by atoms with Gasteiger partial charge in [-0.15, -0.1) is 0 Å². The summed E-state index contributed by atoms with van der Waals surface area (Å²) in [6.07, 6.45) is 0.574. The van der Waals surface area contributed by atoms with Gasteiger partial charge in [-0.25, -0.2) is 28.1 Å². The Morgan fingerprint density at radius 3 is 2.28 bits per heavy atom. The Morgan fingerprint density at radius 1 is 0.943 bits per heavy atom. The lowest BCUT2D eigenvalue weighted by Crippen LogP contribution is -2.56. The van der Waals surface area contributed by atoms with Gasteiger partial charge in [-0.05, 0) is 73.7 Å². The number of piperidine rings is 1. The summed E-state index contributed by atoms with van der Waals surface area (Å²) in [4.78, 5) is 69.5. The fourth-order valence-corrected chi connectivity index (χ4v) is 6.80. The van der Waals surface area contributed by atoms with Gasteiger partial charge in [0.1, 0.15) is 28.9 Å². The molecular formula is C34H34BF2N5O11. The molecule has 0 aliphatic carbocycles. The largest absolute Gasteiger partial charge is 0.547 e. The Hall–Kier alpha value is -6.11. The Bertz CT molecular complexity index is 1990. The summed E-state index contributed by atoms with van der Waals surface area (Å²) in [6.45, 7) is 1.94. The molecule has 2 saturated heterocycles. The van der Waals surface area contributed by atoms with Gasteiger partial charge >= 0.3 is 25.1 Å². The SMILES string of the molecule is Cc1c([C@H](NC(=O)N2CCN(C3CCN(C(=O)c4ccc(O)cc4)CC3)C2=O)C(=O)N[C@H]2Cc3ccc(F)c(C(=O)O)c3OB2O)cc(F)c(O)c1O. The molecule has 0 spiro atoms. The molecule has 16 nitrogen and oxygen atoms in total. The van der Waals surface area contributed by atoms with Crippen molar-refractivity contribution in [1.29, 1.82) is 0 Å². The van der Waals surface area contributed by atoms with Crippen molar-refractivity contribution in [3.63, 3.8) is 0 Å². The number of nitrogens with one attached hydrogen (secondary N) is 2. The van der Waals surface area contributed by atoms with Gasteiger partial charge in [0.15, 0.2) is 17.3 Å². The molecule has 0 bridgehead atoms.